The van der Waals surface area contributed by atoms with E-state index in [9.17, 15) is 0 Å². The Morgan fingerprint density at radius 2 is 1.84 bits per heavy atom. The molecule has 0 aliphatic rings. The number of aryl methyl sites for hydroxylation is 1. The molecule has 3 aromatic heterocycles. The standard InChI is InChI=1S/C25H24N6O/c1-16(2)17-5-4-6-18(13-17)29-25-30-21-14-19(7-8-23(21)31(25)3)32-20-9-10-26-22(15-20)24-27-11-12-28-24/h4-16H,1-3H3,(H,27,28)(H,29,30). The third-order valence-electron chi connectivity index (χ3n) is 5.37. The lowest BCUT2D eigenvalue weighted by atomic mass is 10.0. The van der Waals surface area contributed by atoms with Gasteiger partial charge in [-0.15, -0.1) is 0 Å². The maximum absolute atomic E-state index is 6.08. The molecule has 0 unspecified atom stereocenters. The van der Waals surface area contributed by atoms with Gasteiger partial charge in [-0.25, -0.2) is 9.97 Å². The van der Waals surface area contributed by atoms with Crippen LogP contribution in [0.4, 0.5) is 11.6 Å². The summed E-state index contributed by atoms with van der Waals surface area (Å²) < 4.78 is 8.13. The van der Waals surface area contributed by atoms with Crippen molar-refractivity contribution in [3.05, 3.63) is 78.8 Å². The Bertz CT molecular complexity index is 1370. The van der Waals surface area contributed by atoms with Crippen molar-refractivity contribution < 1.29 is 4.74 Å². The van der Waals surface area contributed by atoms with E-state index in [2.05, 4.69) is 58.4 Å². The zero-order chi connectivity index (χ0) is 22.1. The van der Waals surface area contributed by atoms with Crippen LogP contribution in [0.15, 0.2) is 73.2 Å². The van der Waals surface area contributed by atoms with Gasteiger partial charge in [0.05, 0.1) is 11.0 Å². The van der Waals surface area contributed by atoms with E-state index < -0.39 is 0 Å². The van der Waals surface area contributed by atoms with E-state index in [1.165, 1.54) is 5.56 Å². The van der Waals surface area contributed by atoms with Gasteiger partial charge in [-0.3, -0.25) is 4.98 Å². The third kappa shape index (κ3) is 3.92. The summed E-state index contributed by atoms with van der Waals surface area (Å²) in [5.41, 5.74) is 4.91. The number of pyridine rings is 1. The molecule has 5 rings (SSSR count). The van der Waals surface area contributed by atoms with Gasteiger partial charge in [0.2, 0.25) is 5.95 Å². The van der Waals surface area contributed by atoms with E-state index in [-0.39, 0.29) is 0 Å². The molecule has 0 radical (unpaired) electrons. The summed E-state index contributed by atoms with van der Waals surface area (Å²) in [6.45, 7) is 4.38. The predicted octanol–water partition coefficient (Wildman–Crippen LogP) is 6.02. The molecule has 0 amide bonds. The fourth-order valence-corrected chi connectivity index (χ4v) is 3.61. The number of nitrogens with one attached hydrogen (secondary N) is 2. The molecule has 7 nitrogen and oxygen atoms in total. The molecule has 0 aliphatic carbocycles. The highest BCUT2D eigenvalue weighted by molar-refractivity contribution is 5.81. The molecule has 0 aliphatic heterocycles. The van der Waals surface area contributed by atoms with Crippen LogP contribution in [-0.4, -0.2) is 24.5 Å². The van der Waals surface area contributed by atoms with Gasteiger partial charge < -0.3 is 19.6 Å². The van der Waals surface area contributed by atoms with Crippen molar-refractivity contribution in [2.45, 2.75) is 19.8 Å². The van der Waals surface area contributed by atoms with E-state index in [1.54, 1.807) is 18.6 Å². The second-order valence-corrected chi connectivity index (χ2v) is 7.97. The van der Waals surface area contributed by atoms with E-state index >= 15 is 0 Å². The highest BCUT2D eigenvalue weighted by Crippen LogP contribution is 2.29. The zero-order valence-electron chi connectivity index (χ0n) is 18.2. The average molecular weight is 425 g/mol. The van der Waals surface area contributed by atoms with Crippen LogP contribution in [-0.2, 0) is 7.05 Å². The highest BCUT2D eigenvalue weighted by atomic mass is 16.5. The smallest absolute Gasteiger partial charge is 0.208 e. The van der Waals surface area contributed by atoms with Gasteiger partial charge >= 0.3 is 0 Å². The van der Waals surface area contributed by atoms with E-state index in [0.717, 1.165) is 28.4 Å². The SMILES string of the molecule is CC(C)c1cccc(Nc2nc3cc(Oc4ccnc(-c5ncc[nH]5)c4)ccc3n2C)c1. The maximum Gasteiger partial charge on any atom is 0.208 e. The maximum atomic E-state index is 6.08. The van der Waals surface area contributed by atoms with Crippen molar-refractivity contribution in [2.75, 3.05) is 5.32 Å². The van der Waals surface area contributed by atoms with Crippen molar-refractivity contribution >= 4 is 22.7 Å². The second-order valence-electron chi connectivity index (χ2n) is 7.97. The predicted molar refractivity (Wildman–Crippen MR) is 126 cm³/mol. The number of H-pyrrole nitrogens is 1. The Morgan fingerprint density at radius 3 is 2.66 bits per heavy atom. The second kappa shape index (κ2) is 8.19. The van der Waals surface area contributed by atoms with Crippen LogP contribution in [0, 0.1) is 0 Å². The summed E-state index contributed by atoms with van der Waals surface area (Å²) in [4.78, 5) is 16.4. The number of rotatable bonds is 6. The summed E-state index contributed by atoms with van der Waals surface area (Å²) in [5.74, 6) is 3.35. The summed E-state index contributed by atoms with van der Waals surface area (Å²) >= 11 is 0. The normalized spacial score (nSPS) is 11.2. The molecule has 0 atom stereocenters. The lowest BCUT2D eigenvalue weighted by Crippen LogP contribution is -1.99. The number of ether oxygens (including phenoxy) is 1. The van der Waals surface area contributed by atoms with Gasteiger partial charge in [-0.05, 0) is 41.8 Å². The van der Waals surface area contributed by atoms with Crippen molar-refractivity contribution in [1.82, 2.24) is 24.5 Å². The first-order valence-electron chi connectivity index (χ1n) is 10.5. The van der Waals surface area contributed by atoms with E-state index in [4.69, 9.17) is 9.72 Å². The number of aromatic nitrogens is 5. The molecule has 32 heavy (non-hydrogen) atoms. The molecule has 0 saturated carbocycles. The number of hydrogen-bond acceptors (Lipinski definition) is 5. The Kier molecular flexibility index (Phi) is 5.07. The van der Waals surface area contributed by atoms with E-state index in [1.807, 2.05) is 41.9 Å². The fraction of sp³-hybridized carbons (Fsp3) is 0.160. The van der Waals surface area contributed by atoms with Crippen LogP contribution in [0.3, 0.4) is 0 Å². The molecule has 0 saturated heterocycles. The number of nitrogens with zero attached hydrogens (tertiary/aromatic N) is 4. The molecule has 7 heteroatoms. The summed E-state index contributed by atoms with van der Waals surface area (Å²) in [6, 6.07) is 18.0. The first kappa shape index (κ1) is 19.8. The molecule has 0 bridgehead atoms. The number of benzene rings is 2. The molecule has 2 aromatic carbocycles. The Balaban J connectivity index is 1.40. The summed E-state index contributed by atoms with van der Waals surface area (Å²) in [5, 5.41) is 3.44. The van der Waals surface area contributed by atoms with Crippen molar-refractivity contribution in [2.24, 2.45) is 7.05 Å². The minimum absolute atomic E-state index is 0.471. The lowest BCUT2D eigenvalue weighted by molar-refractivity contribution is 0.483. The van der Waals surface area contributed by atoms with Crippen LogP contribution < -0.4 is 10.1 Å². The van der Waals surface area contributed by atoms with E-state index in [0.29, 0.717) is 23.2 Å². The van der Waals surface area contributed by atoms with Crippen LogP contribution >= 0.6 is 0 Å². The summed E-state index contributed by atoms with van der Waals surface area (Å²) in [6.07, 6.45) is 5.17. The van der Waals surface area contributed by atoms with Crippen LogP contribution in [0.5, 0.6) is 11.5 Å². The number of aromatic amines is 1. The Hall–Kier alpha value is -4.13. The van der Waals surface area contributed by atoms with Gasteiger partial charge in [0.1, 0.15) is 17.2 Å². The Labute approximate surface area is 186 Å². The van der Waals surface area contributed by atoms with Crippen molar-refractivity contribution in [3.63, 3.8) is 0 Å². The molecule has 3 heterocycles. The Morgan fingerprint density at radius 1 is 0.969 bits per heavy atom. The largest absolute Gasteiger partial charge is 0.457 e. The molecular formula is C25H24N6O. The molecule has 5 aromatic rings. The van der Waals surface area contributed by atoms with Crippen LogP contribution in [0.1, 0.15) is 25.3 Å². The number of fused-ring (bicyclic) bond motifs is 1. The fourth-order valence-electron chi connectivity index (χ4n) is 3.61. The van der Waals surface area contributed by atoms with Gasteiger partial charge in [-0.2, -0.15) is 0 Å². The minimum atomic E-state index is 0.471. The lowest BCUT2D eigenvalue weighted by Gasteiger charge is -2.10. The molecule has 0 spiro atoms. The molecule has 0 fully saturated rings. The number of imidazole rings is 2. The van der Waals surface area contributed by atoms with Gasteiger partial charge in [-0.1, -0.05) is 26.0 Å². The first-order chi connectivity index (χ1) is 15.6. The topological polar surface area (TPSA) is 80.7 Å². The first-order valence-corrected chi connectivity index (χ1v) is 10.5. The van der Waals surface area contributed by atoms with Crippen molar-refractivity contribution in [1.29, 1.82) is 0 Å². The molecular weight excluding hydrogens is 400 g/mol. The highest BCUT2D eigenvalue weighted by Gasteiger charge is 2.11. The number of anilines is 2. The average Bonchev–Trinajstić information content (AvgIpc) is 3.43. The van der Waals surface area contributed by atoms with Gasteiger partial charge in [0.15, 0.2) is 5.82 Å². The monoisotopic (exact) mass is 424 g/mol. The van der Waals surface area contributed by atoms with Crippen LogP contribution in [0.25, 0.3) is 22.6 Å². The number of hydrogen-bond donors (Lipinski definition) is 2. The van der Waals surface area contributed by atoms with Crippen molar-refractivity contribution in [3.8, 4) is 23.0 Å². The third-order valence-corrected chi connectivity index (χ3v) is 5.37. The quantitative estimate of drug-likeness (QED) is 0.348. The molecule has 2 N–H and O–H groups in total. The minimum Gasteiger partial charge on any atom is -0.457 e. The zero-order valence-corrected chi connectivity index (χ0v) is 18.2. The summed E-state index contributed by atoms with van der Waals surface area (Å²) in [7, 11) is 2.00. The van der Waals surface area contributed by atoms with Gasteiger partial charge in [0, 0.05) is 43.5 Å². The van der Waals surface area contributed by atoms with Gasteiger partial charge in [0.25, 0.3) is 0 Å². The molecule has 160 valence electrons. The van der Waals surface area contributed by atoms with Crippen LogP contribution in [0.2, 0.25) is 0 Å².